The van der Waals surface area contributed by atoms with Crippen LogP contribution in [-0.2, 0) is 28.6 Å². The molecule has 65 heavy (non-hydrogen) atoms. The van der Waals surface area contributed by atoms with Crippen LogP contribution in [0.4, 0.5) is 0 Å². The Morgan fingerprint density at radius 1 is 0.631 bits per heavy atom. The number of allylic oxidation sites excluding steroid dienone is 2. The van der Waals surface area contributed by atoms with Gasteiger partial charge in [-0.05, 0) is 115 Å². The fraction of sp³-hybridized carbons (Fsp3) is 0.914. The topological polar surface area (TPSA) is 82.1 Å². The highest BCUT2D eigenvalue weighted by Crippen LogP contribution is 2.46. The van der Waals surface area contributed by atoms with Gasteiger partial charge in [0.1, 0.15) is 12.2 Å². The van der Waals surface area contributed by atoms with E-state index in [2.05, 4.69) is 58.7 Å². The van der Waals surface area contributed by atoms with E-state index < -0.39 is 5.41 Å². The number of hydrogen-bond acceptors (Lipinski definition) is 7. The minimum Gasteiger partial charge on any atom is -0.466 e. The molecule has 3 aliphatic rings. The first-order valence-corrected chi connectivity index (χ1v) is 28.5. The molecular formula is C58H105NO6. The molecule has 1 heterocycles. The van der Waals surface area contributed by atoms with E-state index in [9.17, 15) is 14.4 Å². The molecule has 7 unspecified atom stereocenters. The smallest absolute Gasteiger partial charge is 0.312 e. The molecule has 0 bridgehead atoms. The van der Waals surface area contributed by atoms with E-state index in [1.807, 2.05) is 0 Å². The lowest BCUT2D eigenvalue weighted by molar-refractivity contribution is -0.165. The molecule has 0 aromatic heterocycles. The van der Waals surface area contributed by atoms with Gasteiger partial charge in [0, 0.05) is 18.8 Å². The quantitative estimate of drug-likeness (QED) is 0.0262. The van der Waals surface area contributed by atoms with Crippen molar-refractivity contribution in [1.82, 2.24) is 4.90 Å². The van der Waals surface area contributed by atoms with Crippen LogP contribution in [0.2, 0.25) is 0 Å². The normalized spacial score (nSPS) is 22.8. The van der Waals surface area contributed by atoms with Gasteiger partial charge in [-0.3, -0.25) is 14.4 Å². The first-order chi connectivity index (χ1) is 31.6. The van der Waals surface area contributed by atoms with E-state index in [4.69, 9.17) is 14.2 Å². The minimum absolute atomic E-state index is 0.0233. The van der Waals surface area contributed by atoms with Crippen LogP contribution in [0.1, 0.15) is 266 Å². The molecule has 3 rings (SSSR count). The van der Waals surface area contributed by atoms with E-state index >= 15 is 0 Å². The van der Waals surface area contributed by atoms with Gasteiger partial charge in [-0.1, -0.05) is 188 Å². The van der Waals surface area contributed by atoms with Crippen LogP contribution >= 0.6 is 0 Å². The molecule has 2 aliphatic carbocycles. The van der Waals surface area contributed by atoms with Gasteiger partial charge in [0.15, 0.2) is 0 Å². The third kappa shape index (κ3) is 24.8. The van der Waals surface area contributed by atoms with E-state index in [-0.39, 0.29) is 54.5 Å². The Morgan fingerprint density at radius 3 is 1.72 bits per heavy atom. The summed E-state index contributed by atoms with van der Waals surface area (Å²) in [5.41, 5.74) is -0.441. The van der Waals surface area contributed by atoms with Crippen molar-refractivity contribution in [2.45, 2.75) is 278 Å². The SMILES string of the molecule is CC/C=C\CC1C(CC(=O)OCCC(CCCCCCCCC2CC2CCCCCCCC)OC(=O)C(CCCCCC)CCCCCCCC)CCC1OC(=O)C1(C)CCN(C)CC1. The maximum Gasteiger partial charge on any atom is 0.312 e. The van der Waals surface area contributed by atoms with Gasteiger partial charge in [0.2, 0.25) is 0 Å². The fourth-order valence-electron chi connectivity index (χ4n) is 11.0. The van der Waals surface area contributed by atoms with Gasteiger partial charge >= 0.3 is 17.9 Å². The van der Waals surface area contributed by atoms with Crippen LogP contribution in [0.25, 0.3) is 0 Å². The zero-order valence-corrected chi connectivity index (χ0v) is 43.7. The first kappa shape index (κ1) is 57.4. The van der Waals surface area contributed by atoms with Gasteiger partial charge < -0.3 is 19.1 Å². The monoisotopic (exact) mass is 912 g/mol. The summed E-state index contributed by atoms with van der Waals surface area (Å²) in [7, 11) is 2.11. The number of carbonyl (C=O) groups is 3. The molecule has 1 aliphatic heterocycles. The molecule has 0 radical (unpaired) electrons. The number of hydrogen-bond donors (Lipinski definition) is 0. The van der Waals surface area contributed by atoms with Crippen LogP contribution in [-0.4, -0.2) is 61.8 Å². The number of ether oxygens (including phenoxy) is 3. The molecule has 0 amide bonds. The molecule has 0 N–H and O–H groups in total. The lowest BCUT2D eigenvalue weighted by Crippen LogP contribution is -2.43. The Bertz CT molecular complexity index is 1260. The van der Waals surface area contributed by atoms with Crippen molar-refractivity contribution in [3.8, 4) is 0 Å². The second-order valence-electron chi connectivity index (χ2n) is 21.8. The van der Waals surface area contributed by atoms with Gasteiger partial charge in [-0.2, -0.15) is 0 Å². The van der Waals surface area contributed by atoms with E-state index in [1.165, 1.54) is 135 Å². The predicted molar refractivity (Wildman–Crippen MR) is 272 cm³/mol. The van der Waals surface area contributed by atoms with Crippen molar-refractivity contribution >= 4 is 17.9 Å². The Hall–Kier alpha value is -1.89. The van der Waals surface area contributed by atoms with Gasteiger partial charge in [-0.25, -0.2) is 0 Å². The summed E-state index contributed by atoms with van der Waals surface area (Å²) >= 11 is 0. The Kier molecular flexibility index (Phi) is 31.1. The van der Waals surface area contributed by atoms with Crippen molar-refractivity contribution in [3.05, 3.63) is 12.2 Å². The van der Waals surface area contributed by atoms with Crippen molar-refractivity contribution in [1.29, 1.82) is 0 Å². The molecule has 0 aromatic carbocycles. The lowest BCUT2D eigenvalue weighted by atomic mass is 9.80. The number of piperidine rings is 1. The van der Waals surface area contributed by atoms with Crippen LogP contribution in [0.3, 0.4) is 0 Å². The predicted octanol–water partition coefficient (Wildman–Crippen LogP) is 16.1. The van der Waals surface area contributed by atoms with Crippen LogP contribution in [0.15, 0.2) is 12.2 Å². The van der Waals surface area contributed by atoms with E-state index in [1.54, 1.807) is 0 Å². The molecular weight excluding hydrogens is 807 g/mol. The standard InChI is InChI=1S/C58H105NO6/c1-7-11-15-18-22-28-33-48(32-27-17-13-9-3)56(61)64-52(36-31-25-21-20-24-30-35-50-46-49(50)34-29-23-19-16-12-8-2)40-45-63-55(60)47-51-38-39-54(53(51)37-26-14-10-4)65-57(62)58(5)41-43-59(6)44-42-58/h14,26,48-54H,7-13,15-25,27-47H2,1-6H3/b26-14-. The zero-order valence-electron chi connectivity index (χ0n) is 43.7. The summed E-state index contributed by atoms with van der Waals surface area (Å²) in [6, 6.07) is 0. The lowest BCUT2D eigenvalue weighted by Gasteiger charge is -2.37. The second kappa shape index (κ2) is 35.3. The van der Waals surface area contributed by atoms with Crippen molar-refractivity contribution in [2.75, 3.05) is 26.7 Å². The summed E-state index contributed by atoms with van der Waals surface area (Å²) in [5.74, 6) is 1.95. The molecule has 378 valence electrons. The largest absolute Gasteiger partial charge is 0.466 e. The highest BCUT2D eigenvalue weighted by atomic mass is 16.6. The number of esters is 3. The minimum atomic E-state index is -0.441. The van der Waals surface area contributed by atoms with Crippen molar-refractivity contribution < 1.29 is 28.6 Å². The summed E-state index contributed by atoms with van der Waals surface area (Å²) in [6.07, 6.45) is 44.9. The highest BCUT2D eigenvalue weighted by molar-refractivity contribution is 5.77. The van der Waals surface area contributed by atoms with Crippen molar-refractivity contribution in [3.63, 3.8) is 0 Å². The van der Waals surface area contributed by atoms with E-state index in [0.29, 0.717) is 12.8 Å². The first-order valence-electron chi connectivity index (χ1n) is 28.5. The number of carbonyl (C=O) groups excluding carboxylic acids is 3. The van der Waals surface area contributed by atoms with Crippen LogP contribution in [0.5, 0.6) is 0 Å². The number of nitrogens with zero attached hydrogens (tertiary/aromatic N) is 1. The molecule has 7 heteroatoms. The highest BCUT2D eigenvalue weighted by Gasteiger charge is 2.44. The zero-order chi connectivity index (χ0) is 47.0. The summed E-state index contributed by atoms with van der Waals surface area (Å²) < 4.78 is 18.7. The molecule has 3 fully saturated rings. The molecule has 7 atom stereocenters. The van der Waals surface area contributed by atoms with Crippen LogP contribution in [0, 0.1) is 35.0 Å². The molecule has 2 saturated carbocycles. The summed E-state index contributed by atoms with van der Waals surface area (Å²) in [4.78, 5) is 43.3. The maximum absolute atomic E-state index is 13.9. The second-order valence-corrected chi connectivity index (χ2v) is 21.8. The molecule has 7 nitrogen and oxygen atoms in total. The summed E-state index contributed by atoms with van der Waals surface area (Å²) in [5, 5.41) is 0. The average molecular weight is 912 g/mol. The third-order valence-electron chi connectivity index (χ3n) is 16.0. The number of unbranched alkanes of at least 4 members (excludes halogenated alkanes) is 18. The van der Waals surface area contributed by atoms with Gasteiger partial charge in [-0.15, -0.1) is 0 Å². The fourth-order valence-corrected chi connectivity index (χ4v) is 11.0. The van der Waals surface area contributed by atoms with Gasteiger partial charge in [0.05, 0.1) is 17.9 Å². The molecule has 0 aromatic rings. The van der Waals surface area contributed by atoms with Crippen molar-refractivity contribution in [2.24, 2.45) is 35.0 Å². The Morgan fingerprint density at radius 2 is 1.15 bits per heavy atom. The molecule has 0 spiro atoms. The Balaban J connectivity index is 1.50. The molecule has 1 saturated heterocycles. The van der Waals surface area contributed by atoms with Gasteiger partial charge in [0.25, 0.3) is 0 Å². The summed E-state index contributed by atoms with van der Waals surface area (Å²) in [6.45, 7) is 13.1. The number of rotatable bonds is 40. The Labute approximate surface area is 401 Å². The van der Waals surface area contributed by atoms with E-state index in [0.717, 1.165) is 108 Å². The van der Waals surface area contributed by atoms with Crippen LogP contribution < -0.4 is 0 Å². The number of likely N-dealkylation sites (tertiary alicyclic amines) is 1. The maximum atomic E-state index is 13.9. The average Bonchev–Trinajstić information content (AvgIpc) is 3.95. The third-order valence-corrected chi connectivity index (χ3v) is 16.0.